The van der Waals surface area contributed by atoms with E-state index in [2.05, 4.69) is 10.9 Å². The van der Waals surface area contributed by atoms with Crippen molar-refractivity contribution in [1.82, 2.24) is 20.1 Å². The lowest BCUT2D eigenvalue weighted by molar-refractivity contribution is -0.134. The number of amides is 3. The molecule has 26 heavy (non-hydrogen) atoms. The standard InChI is InChI=1S/C15H20N4O5S2/c1-11-3-5-12(6-4-11)26(23,24)18(2)7-13(20)16-17-14(21)8-19-10-25-9-15(19)22/h3-6H,7-10H2,1-2H3,(H,16,20)(H,17,21). The van der Waals surface area contributed by atoms with E-state index in [1.807, 2.05) is 6.92 Å². The van der Waals surface area contributed by atoms with Crippen molar-refractivity contribution in [3.63, 3.8) is 0 Å². The van der Waals surface area contributed by atoms with E-state index in [-0.39, 0.29) is 17.3 Å². The number of hydrogen-bond acceptors (Lipinski definition) is 6. The molecule has 0 spiro atoms. The van der Waals surface area contributed by atoms with Crippen LogP contribution >= 0.6 is 11.8 Å². The van der Waals surface area contributed by atoms with Crippen molar-refractivity contribution in [1.29, 1.82) is 0 Å². The molecule has 0 saturated carbocycles. The Kier molecular flexibility index (Phi) is 6.62. The van der Waals surface area contributed by atoms with Crippen LogP contribution in [0.1, 0.15) is 5.56 Å². The number of nitrogens with zero attached hydrogens (tertiary/aromatic N) is 2. The molecule has 1 saturated heterocycles. The van der Waals surface area contributed by atoms with Crippen molar-refractivity contribution in [2.45, 2.75) is 11.8 Å². The molecule has 0 atom stereocenters. The Morgan fingerprint density at radius 2 is 1.81 bits per heavy atom. The number of aryl methyl sites for hydroxylation is 1. The van der Waals surface area contributed by atoms with Gasteiger partial charge in [-0.2, -0.15) is 4.31 Å². The monoisotopic (exact) mass is 400 g/mol. The Morgan fingerprint density at radius 1 is 1.19 bits per heavy atom. The van der Waals surface area contributed by atoms with Gasteiger partial charge in [0.05, 0.1) is 23.1 Å². The summed E-state index contributed by atoms with van der Waals surface area (Å²) in [5.41, 5.74) is 5.23. The summed E-state index contributed by atoms with van der Waals surface area (Å²) in [5.74, 6) is -0.628. The largest absolute Gasteiger partial charge is 0.323 e. The molecule has 1 aromatic carbocycles. The molecule has 1 aliphatic rings. The van der Waals surface area contributed by atoms with E-state index in [9.17, 15) is 22.8 Å². The number of hydrogen-bond donors (Lipinski definition) is 2. The molecule has 2 N–H and O–H groups in total. The summed E-state index contributed by atoms with van der Waals surface area (Å²) < 4.78 is 25.7. The Morgan fingerprint density at radius 3 is 2.38 bits per heavy atom. The second-order valence-corrected chi connectivity index (χ2v) is 8.74. The minimum atomic E-state index is -3.81. The first-order chi connectivity index (χ1) is 12.2. The number of nitrogens with one attached hydrogen (secondary N) is 2. The normalized spacial score (nSPS) is 14.6. The van der Waals surface area contributed by atoms with Crippen LogP contribution in [0.5, 0.6) is 0 Å². The summed E-state index contributed by atoms with van der Waals surface area (Å²) in [4.78, 5) is 36.5. The van der Waals surface area contributed by atoms with Gasteiger partial charge in [-0.25, -0.2) is 8.42 Å². The third-order valence-corrected chi connectivity index (χ3v) is 6.36. The molecule has 0 radical (unpaired) electrons. The van der Waals surface area contributed by atoms with E-state index in [0.717, 1.165) is 9.87 Å². The predicted molar refractivity (Wildman–Crippen MR) is 96.3 cm³/mol. The molecule has 0 aliphatic carbocycles. The first kappa shape index (κ1) is 20.2. The fraction of sp³-hybridized carbons (Fsp3) is 0.400. The average molecular weight is 400 g/mol. The Hall–Kier alpha value is -2.11. The third kappa shape index (κ3) is 5.19. The van der Waals surface area contributed by atoms with Gasteiger partial charge in [0, 0.05) is 7.05 Å². The van der Waals surface area contributed by atoms with Crippen molar-refractivity contribution in [3.8, 4) is 0 Å². The maximum Gasteiger partial charge on any atom is 0.258 e. The van der Waals surface area contributed by atoms with Crippen LogP contribution in [0.3, 0.4) is 0 Å². The quantitative estimate of drug-likeness (QED) is 0.610. The van der Waals surface area contributed by atoms with Gasteiger partial charge < -0.3 is 4.90 Å². The summed E-state index contributed by atoms with van der Waals surface area (Å²) >= 11 is 1.40. The molecule has 0 unspecified atom stereocenters. The third-order valence-electron chi connectivity index (χ3n) is 3.60. The Bertz CT molecular complexity index is 795. The topological polar surface area (TPSA) is 116 Å². The zero-order valence-electron chi connectivity index (χ0n) is 14.4. The van der Waals surface area contributed by atoms with Crippen LogP contribution in [0.15, 0.2) is 29.2 Å². The van der Waals surface area contributed by atoms with Gasteiger partial charge in [0.1, 0.15) is 6.54 Å². The lowest BCUT2D eigenvalue weighted by atomic mass is 10.2. The molecule has 1 aromatic rings. The van der Waals surface area contributed by atoms with E-state index in [1.165, 1.54) is 35.8 Å². The fourth-order valence-corrected chi connectivity index (χ4v) is 4.14. The molecule has 9 nitrogen and oxygen atoms in total. The van der Waals surface area contributed by atoms with Crippen molar-refractivity contribution >= 4 is 39.5 Å². The smallest absolute Gasteiger partial charge is 0.258 e. The number of carbonyl (C=O) groups excluding carboxylic acids is 3. The lowest BCUT2D eigenvalue weighted by Crippen LogP contribution is -2.49. The summed E-state index contributed by atoms with van der Waals surface area (Å²) in [5, 5.41) is 0. The highest BCUT2D eigenvalue weighted by atomic mass is 32.2. The molecule has 1 aliphatic heterocycles. The van der Waals surface area contributed by atoms with Crippen molar-refractivity contribution in [2.24, 2.45) is 0 Å². The summed E-state index contributed by atoms with van der Waals surface area (Å²) in [7, 11) is -2.54. The molecular weight excluding hydrogens is 380 g/mol. The van der Waals surface area contributed by atoms with Gasteiger partial charge in [0.2, 0.25) is 15.9 Å². The molecule has 0 bridgehead atoms. The predicted octanol–water partition coefficient (Wildman–Crippen LogP) is -0.704. The van der Waals surface area contributed by atoms with Gasteiger partial charge in [-0.1, -0.05) is 17.7 Å². The highest BCUT2D eigenvalue weighted by molar-refractivity contribution is 8.00. The fourth-order valence-electron chi connectivity index (χ4n) is 2.11. The minimum absolute atomic E-state index is 0.0764. The van der Waals surface area contributed by atoms with E-state index >= 15 is 0 Å². The number of rotatable bonds is 6. The van der Waals surface area contributed by atoms with Crippen molar-refractivity contribution in [3.05, 3.63) is 29.8 Å². The van der Waals surface area contributed by atoms with Crippen LogP contribution in [-0.2, 0) is 24.4 Å². The zero-order valence-corrected chi connectivity index (χ0v) is 16.0. The van der Waals surface area contributed by atoms with E-state index < -0.39 is 28.4 Å². The number of benzene rings is 1. The molecule has 1 fully saturated rings. The van der Waals surface area contributed by atoms with Gasteiger partial charge in [0.15, 0.2) is 0 Å². The van der Waals surface area contributed by atoms with Gasteiger partial charge in [-0.05, 0) is 19.1 Å². The molecule has 11 heteroatoms. The maximum atomic E-state index is 12.4. The van der Waals surface area contributed by atoms with E-state index in [1.54, 1.807) is 12.1 Å². The average Bonchev–Trinajstić information content (AvgIpc) is 2.98. The zero-order chi connectivity index (χ0) is 19.3. The Balaban J connectivity index is 1.83. The van der Waals surface area contributed by atoms with Crippen LogP contribution in [0.4, 0.5) is 0 Å². The summed E-state index contributed by atoms with van der Waals surface area (Å²) in [6.07, 6.45) is 0. The van der Waals surface area contributed by atoms with Crippen LogP contribution < -0.4 is 10.9 Å². The van der Waals surface area contributed by atoms with Gasteiger partial charge >= 0.3 is 0 Å². The molecule has 0 aromatic heterocycles. The second kappa shape index (κ2) is 8.52. The van der Waals surface area contributed by atoms with E-state index in [4.69, 9.17) is 0 Å². The molecular formula is C15H20N4O5S2. The SMILES string of the molecule is Cc1ccc(S(=O)(=O)N(C)CC(=O)NNC(=O)CN2CSCC2=O)cc1. The Labute approximate surface area is 156 Å². The second-order valence-electron chi connectivity index (χ2n) is 5.74. The number of sulfonamides is 1. The number of likely N-dealkylation sites (N-methyl/N-ethyl adjacent to an activating group) is 1. The highest BCUT2D eigenvalue weighted by Crippen LogP contribution is 2.15. The molecule has 142 valence electrons. The van der Waals surface area contributed by atoms with Gasteiger partial charge in [-0.15, -0.1) is 11.8 Å². The van der Waals surface area contributed by atoms with Crippen LogP contribution in [0.25, 0.3) is 0 Å². The highest BCUT2D eigenvalue weighted by Gasteiger charge is 2.24. The maximum absolute atomic E-state index is 12.4. The first-order valence-electron chi connectivity index (χ1n) is 7.66. The first-order valence-corrected chi connectivity index (χ1v) is 10.3. The van der Waals surface area contributed by atoms with Crippen LogP contribution in [0.2, 0.25) is 0 Å². The number of hydrazine groups is 1. The van der Waals surface area contributed by atoms with Crippen molar-refractivity contribution < 1.29 is 22.8 Å². The minimum Gasteiger partial charge on any atom is -0.323 e. The van der Waals surface area contributed by atoms with Crippen LogP contribution in [0, 0.1) is 6.92 Å². The summed E-state index contributed by atoms with van der Waals surface area (Å²) in [6.45, 7) is 1.21. The summed E-state index contributed by atoms with van der Waals surface area (Å²) in [6, 6.07) is 6.26. The molecule has 2 rings (SSSR count). The molecule has 1 heterocycles. The van der Waals surface area contributed by atoms with E-state index in [0.29, 0.717) is 11.6 Å². The van der Waals surface area contributed by atoms with Crippen LogP contribution in [-0.4, -0.2) is 67.1 Å². The van der Waals surface area contributed by atoms with Crippen molar-refractivity contribution in [2.75, 3.05) is 31.8 Å². The van der Waals surface area contributed by atoms with Gasteiger partial charge in [0.25, 0.3) is 11.8 Å². The lowest BCUT2D eigenvalue weighted by Gasteiger charge is -2.18. The van der Waals surface area contributed by atoms with Gasteiger partial charge in [-0.3, -0.25) is 25.2 Å². The molecule has 3 amide bonds. The number of thioether (sulfide) groups is 1. The number of carbonyl (C=O) groups is 3.